The van der Waals surface area contributed by atoms with Gasteiger partial charge in [-0.25, -0.2) is 4.98 Å². The number of carbonyl (C=O) groups excluding carboxylic acids is 1. The molecule has 1 aliphatic heterocycles. The zero-order chi connectivity index (χ0) is 11.5. The smallest absolute Gasteiger partial charge is 0.153 e. The second kappa shape index (κ2) is 4.64. The lowest BCUT2D eigenvalue weighted by molar-refractivity contribution is 0.112. The number of hydrogen-bond acceptors (Lipinski definition) is 3. The number of carbonyl (C=O) groups is 1. The van der Waals surface area contributed by atoms with Crippen molar-refractivity contribution in [2.24, 2.45) is 5.92 Å². The standard InChI is InChI=1S/C13H18N2O/c1-10-5-6-11(2)15(8-10)13-12(9-16)4-3-7-14-13/h3-4,7,9-11H,5-6,8H2,1-2H3. The van der Waals surface area contributed by atoms with Gasteiger partial charge in [-0.3, -0.25) is 4.79 Å². The first kappa shape index (κ1) is 11.1. The highest BCUT2D eigenvalue weighted by molar-refractivity contribution is 5.82. The molecular weight excluding hydrogens is 200 g/mol. The highest BCUT2D eigenvalue weighted by atomic mass is 16.1. The van der Waals surface area contributed by atoms with Gasteiger partial charge >= 0.3 is 0 Å². The predicted molar refractivity (Wildman–Crippen MR) is 64.8 cm³/mol. The molecule has 0 spiro atoms. The molecule has 1 aliphatic rings. The zero-order valence-corrected chi connectivity index (χ0v) is 9.89. The van der Waals surface area contributed by atoms with Gasteiger partial charge in [0.05, 0.1) is 5.56 Å². The molecule has 0 N–H and O–H groups in total. The number of aldehydes is 1. The van der Waals surface area contributed by atoms with Crippen LogP contribution in [0, 0.1) is 5.92 Å². The molecule has 0 aliphatic carbocycles. The Bertz CT molecular complexity index is 378. The summed E-state index contributed by atoms with van der Waals surface area (Å²) >= 11 is 0. The quantitative estimate of drug-likeness (QED) is 0.715. The maximum absolute atomic E-state index is 11.0. The maximum Gasteiger partial charge on any atom is 0.153 e. The Morgan fingerprint density at radius 2 is 2.25 bits per heavy atom. The Kier molecular flexibility index (Phi) is 3.22. The van der Waals surface area contributed by atoms with Crippen molar-refractivity contribution in [2.45, 2.75) is 32.7 Å². The van der Waals surface area contributed by atoms with Crippen LogP contribution < -0.4 is 4.90 Å². The molecule has 0 saturated carbocycles. The van der Waals surface area contributed by atoms with Gasteiger partial charge in [-0.2, -0.15) is 0 Å². The molecule has 3 nitrogen and oxygen atoms in total. The number of hydrogen-bond donors (Lipinski definition) is 0. The van der Waals surface area contributed by atoms with E-state index in [2.05, 4.69) is 23.7 Å². The molecule has 2 atom stereocenters. The van der Waals surface area contributed by atoms with Crippen LogP contribution in [-0.2, 0) is 0 Å². The highest BCUT2D eigenvalue weighted by Crippen LogP contribution is 2.27. The minimum atomic E-state index is 0.477. The number of pyridine rings is 1. The number of nitrogens with zero attached hydrogens (tertiary/aromatic N) is 2. The Hall–Kier alpha value is -1.38. The van der Waals surface area contributed by atoms with Gasteiger partial charge in [0, 0.05) is 18.8 Å². The van der Waals surface area contributed by atoms with Crippen molar-refractivity contribution < 1.29 is 4.79 Å². The van der Waals surface area contributed by atoms with Gasteiger partial charge in [0.1, 0.15) is 5.82 Å². The second-order valence-corrected chi connectivity index (χ2v) is 4.72. The van der Waals surface area contributed by atoms with Crippen LogP contribution in [0.3, 0.4) is 0 Å². The van der Waals surface area contributed by atoms with Crippen molar-refractivity contribution in [3.05, 3.63) is 23.9 Å². The molecule has 1 fully saturated rings. The van der Waals surface area contributed by atoms with Crippen molar-refractivity contribution in [3.63, 3.8) is 0 Å². The van der Waals surface area contributed by atoms with Crippen LogP contribution in [0.15, 0.2) is 18.3 Å². The molecule has 0 bridgehead atoms. The summed E-state index contributed by atoms with van der Waals surface area (Å²) in [6.07, 6.45) is 5.10. The maximum atomic E-state index is 11.0. The third-order valence-electron chi connectivity index (χ3n) is 3.33. The fraction of sp³-hybridized carbons (Fsp3) is 0.538. The first-order chi connectivity index (χ1) is 7.72. The fourth-order valence-corrected chi connectivity index (χ4v) is 2.33. The summed E-state index contributed by atoms with van der Waals surface area (Å²) in [7, 11) is 0. The van der Waals surface area contributed by atoms with E-state index in [0.29, 0.717) is 17.5 Å². The number of aromatic nitrogens is 1. The molecule has 2 heterocycles. The first-order valence-corrected chi connectivity index (χ1v) is 5.89. The molecular formula is C13H18N2O. The van der Waals surface area contributed by atoms with Crippen LogP contribution in [0.2, 0.25) is 0 Å². The van der Waals surface area contributed by atoms with E-state index in [-0.39, 0.29) is 0 Å². The molecule has 1 saturated heterocycles. The molecule has 2 unspecified atom stereocenters. The Morgan fingerprint density at radius 3 is 3.00 bits per heavy atom. The molecule has 16 heavy (non-hydrogen) atoms. The average Bonchev–Trinajstić information content (AvgIpc) is 2.32. The van der Waals surface area contributed by atoms with Gasteiger partial charge in [0.25, 0.3) is 0 Å². The number of piperidine rings is 1. The van der Waals surface area contributed by atoms with Crippen LogP contribution in [0.1, 0.15) is 37.0 Å². The van der Waals surface area contributed by atoms with Gasteiger partial charge in [0.2, 0.25) is 0 Å². The summed E-state index contributed by atoms with van der Waals surface area (Å²) in [5.74, 6) is 1.52. The normalized spacial score (nSPS) is 25.5. The molecule has 3 heteroatoms. The van der Waals surface area contributed by atoms with Crippen molar-refractivity contribution >= 4 is 12.1 Å². The zero-order valence-electron chi connectivity index (χ0n) is 9.89. The largest absolute Gasteiger partial charge is 0.353 e. The summed E-state index contributed by atoms with van der Waals surface area (Å²) in [5.41, 5.74) is 0.698. The van der Waals surface area contributed by atoms with Gasteiger partial charge in [-0.15, -0.1) is 0 Å². The SMILES string of the molecule is CC1CCC(C)N(c2ncccc2C=O)C1. The summed E-state index contributed by atoms with van der Waals surface area (Å²) in [6, 6.07) is 4.12. The summed E-state index contributed by atoms with van der Waals surface area (Å²) < 4.78 is 0. The molecule has 2 rings (SSSR count). The third kappa shape index (κ3) is 2.08. The van der Waals surface area contributed by atoms with Crippen molar-refractivity contribution in [2.75, 3.05) is 11.4 Å². The first-order valence-electron chi connectivity index (χ1n) is 5.89. The van der Waals surface area contributed by atoms with E-state index in [1.165, 1.54) is 12.8 Å². The Morgan fingerprint density at radius 1 is 1.44 bits per heavy atom. The van der Waals surface area contributed by atoms with E-state index in [1.807, 2.05) is 12.1 Å². The highest BCUT2D eigenvalue weighted by Gasteiger charge is 2.25. The van der Waals surface area contributed by atoms with Gasteiger partial charge in [0.15, 0.2) is 6.29 Å². The third-order valence-corrected chi connectivity index (χ3v) is 3.33. The van der Waals surface area contributed by atoms with Crippen LogP contribution >= 0.6 is 0 Å². The van der Waals surface area contributed by atoms with Crippen molar-refractivity contribution in [1.29, 1.82) is 0 Å². The topological polar surface area (TPSA) is 33.2 Å². The van der Waals surface area contributed by atoms with Crippen LogP contribution in [-0.4, -0.2) is 23.9 Å². The number of anilines is 1. The van der Waals surface area contributed by atoms with E-state index < -0.39 is 0 Å². The van der Waals surface area contributed by atoms with Crippen molar-refractivity contribution in [1.82, 2.24) is 4.98 Å². The van der Waals surface area contributed by atoms with E-state index in [1.54, 1.807) is 6.20 Å². The van der Waals surface area contributed by atoms with Gasteiger partial charge in [-0.05, 0) is 37.8 Å². The summed E-state index contributed by atoms with van der Waals surface area (Å²) in [6.45, 7) is 5.45. The molecule has 0 aromatic carbocycles. The lowest BCUT2D eigenvalue weighted by Crippen LogP contribution is -2.42. The van der Waals surface area contributed by atoms with E-state index in [0.717, 1.165) is 18.6 Å². The lowest BCUT2D eigenvalue weighted by Gasteiger charge is -2.38. The van der Waals surface area contributed by atoms with E-state index in [4.69, 9.17) is 0 Å². The van der Waals surface area contributed by atoms with E-state index >= 15 is 0 Å². The van der Waals surface area contributed by atoms with E-state index in [9.17, 15) is 4.79 Å². The molecule has 0 radical (unpaired) electrons. The van der Waals surface area contributed by atoms with Crippen molar-refractivity contribution in [3.8, 4) is 0 Å². The molecule has 0 amide bonds. The lowest BCUT2D eigenvalue weighted by atomic mass is 9.95. The van der Waals surface area contributed by atoms with Gasteiger partial charge < -0.3 is 4.90 Å². The average molecular weight is 218 g/mol. The fourth-order valence-electron chi connectivity index (χ4n) is 2.33. The minimum absolute atomic E-state index is 0.477. The Labute approximate surface area is 96.5 Å². The molecule has 1 aromatic rings. The summed E-state index contributed by atoms with van der Waals surface area (Å²) in [4.78, 5) is 17.6. The molecule has 86 valence electrons. The second-order valence-electron chi connectivity index (χ2n) is 4.72. The van der Waals surface area contributed by atoms with Crippen LogP contribution in [0.5, 0.6) is 0 Å². The van der Waals surface area contributed by atoms with Crippen LogP contribution in [0.25, 0.3) is 0 Å². The monoisotopic (exact) mass is 218 g/mol. The van der Waals surface area contributed by atoms with Gasteiger partial charge in [-0.1, -0.05) is 6.92 Å². The summed E-state index contributed by atoms with van der Waals surface area (Å²) in [5, 5.41) is 0. The minimum Gasteiger partial charge on any atom is -0.353 e. The Balaban J connectivity index is 2.30. The molecule has 1 aromatic heterocycles. The predicted octanol–water partition coefficient (Wildman–Crippen LogP) is 2.52. The van der Waals surface area contributed by atoms with Crippen LogP contribution in [0.4, 0.5) is 5.82 Å². The number of rotatable bonds is 2.